The number of amidine groups is 2. The van der Waals surface area contributed by atoms with Crippen LogP contribution >= 0.6 is 11.8 Å². The van der Waals surface area contributed by atoms with Gasteiger partial charge in [-0.15, -0.1) is 0 Å². The zero-order valence-electron chi connectivity index (χ0n) is 19.4. The molecule has 0 saturated heterocycles. The maximum absolute atomic E-state index is 13.8. The molecule has 0 unspecified atom stereocenters. The first-order chi connectivity index (χ1) is 16.8. The third-order valence-corrected chi connectivity index (χ3v) is 6.57. The monoisotopic (exact) mass is 487 g/mol. The Kier molecular flexibility index (Phi) is 5.86. The highest BCUT2D eigenvalue weighted by atomic mass is 32.2. The highest BCUT2D eigenvalue weighted by Crippen LogP contribution is 2.30. The zero-order chi connectivity index (χ0) is 24.7. The Morgan fingerprint density at radius 1 is 1.11 bits per heavy atom. The third kappa shape index (κ3) is 4.42. The quantitative estimate of drug-likeness (QED) is 0.499. The maximum Gasteiger partial charge on any atom is 0.283 e. The summed E-state index contributed by atoms with van der Waals surface area (Å²) in [5.41, 5.74) is 4.36. The molecule has 0 fully saturated rings. The van der Waals surface area contributed by atoms with Gasteiger partial charge in [0.2, 0.25) is 5.17 Å². The molecular weight excluding hydrogens is 465 g/mol. The fourth-order valence-corrected chi connectivity index (χ4v) is 4.84. The first-order valence-electron chi connectivity index (χ1n) is 10.9. The second kappa shape index (κ2) is 8.99. The molecule has 2 aromatic carbocycles. The van der Waals surface area contributed by atoms with E-state index in [2.05, 4.69) is 10.1 Å². The average molecular weight is 488 g/mol. The Labute approximate surface area is 206 Å². The Morgan fingerprint density at radius 3 is 2.69 bits per heavy atom. The van der Waals surface area contributed by atoms with Crippen LogP contribution in [0.25, 0.3) is 11.8 Å². The van der Waals surface area contributed by atoms with Gasteiger partial charge in [-0.3, -0.25) is 10.2 Å². The largest absolute Gasteiger partial charge is 0.487 e. The van der Waals surface area contributed by atoms with Crippen molar-refractivity contribution < 1.29 is 13.9 Å². The highest BCUT2D eigenvalue weighted by molar-refractivity contribution is 8.27. The Hall–Kier alpha value is -3.98. The minimum absolute atomic E-state index is 0.0476. The molecule has 9 heteroatoms. The fraction of sp³-hybridized carbons (Fsp3) is 0.154. The molecule has 0 saturated carbocycles. The van der Waals surface area contributed by atoms with Gasteiger partial charge < -0.3 is 9.30 Å². The van der Waals surface area contributed by atoms with Crippen LogP contribution in [0.15, 0.2) is 70.3 Å². The molecule has 3 heterocycles. The van der Waals surface area contributed by atoms with E-state index < -0.39 is 5.91 Å². The summed E-state index contributed by atoms with van der Waals surface area (Å²) in [5, 5.41) is 15.4. The molecule has 0 aliphatic carbocycles. The number of hydrogen-bond acceptors (Lipinski definition) is 5. The van der Waals surface area contributed by atoms with E-state index in [1.807, 2.05) is 61.7 Å². The van der Waals surface area contributed by atoms with Crippen LogP contribution in [0.3, 0.4) is 0 Å². The van der Waals surface area contributed by atoms with Crippen molar-refractivity contribution in [2.75, 3.05) is 6.61 Å². The van der Waals surface area contributed by atoms with Gasteiger partial charge in [0, 0.05) is 17.1 Å². The SMILES string of the molecule is Cc1cccc(OCC2=NN3C(=N)/C(=C\c4cc(C)n(-c5cccc(F)c5)c4C)C(=O)N=C3S2)c1. The van der Waals surface area contributed by atoms with E-state index in [1.54, 1.807) is 12.1 Å². The van der Waals surface area contributed by atoms with Crippen molar-refractivity contribution >= 4 is 39.8 Å². The predicted octanol–water partition coefficient (Wildman–Crippen LogP) is 5.24. The van der Waals surface area contributed by atoms with Gasteiger partial charge in [0.05, 0.1) is 5.57 Å². The van der Waals surface area contributed by atoms with Crippen molar-refractivity contribution in [3.63, 3.8) is 0 Å². The summed E-state index contributed by atoms with van der Waals surface area (Å²) in [6.45, 7) is 5.99. The summed E-state index contributed by atoms with van der Waals surface area (Å²) < 4.78 is 21.5. The van der Waals surface area contributed by atoms with E-state index in [0.717, 1.165) is 28.3 Å². The smallest absolute Gasteiger partial charge is 0.283 e. The first-order valence-corrected chi connectivity index (χ1v) is 11.8. The number of aromatic nitrogens is 1. The molecule has 2 aliphatic heterocycles. The van der Waals surface area contributed by atoms with E-state index in [9.17, 15) is 9.18 Å². The van der Waals surface area contributed by atoms with Crippen LogP contribution in [0, 0.1) is 32.0 Å². The summed E-state index contributed by atoms with van der Waals surface area (Å²) in [5.74, 6) is -0.151. The van der Waals surface area contributed by atoms with E-state index in [4.69, 9.17) is 10.1 Å². The standard InChI is InChI=1S/C26H22FN5O2S/c1-15-6-4-9-21(10-15)34-14-23-30-32-24(28)22(25(33)29-26(32)35-23)12-18-11-16(2)31(17(18)3)20-8-5-7-19(27)13-20/h4-13,28H,14H2,1-3H3/b22-12+,28-24?. The second-order valence-corrected chi connectivity index (χ2v) is 9.30. The lowest BCUT2D eigenvalue weighted by atomic mass is 10.1. The second-order valence-electron chi connectivity index (χ2n) is 8.26. The molecule has 2 aliphatic rings. The summed E-state index contributed by atoms with van der Waals surface area (Å²) in [6.07, 6.45) is 1.64. The number of ether oxygens (including phenoxy) is 1. The maximum atomic E-state index is 13.8. The van der Waals surface area contributed by atoms with E-state index in [-0.39, 0.29) is 23.8 Å². The summed E-state index contributed by atoms with van der Waals surface area (Å²) in [6, 6.07) is 15.9. The molecule has 176 valence electrons. The van der Waals surface area contributed by atoms with E-state index in [1.165, 1.54) is 28.9 Å². The van der Waals surface area contributed by atoms with Crippen LogP contribution in [0.1, 0.15) is 22.5 Å². The highest BCUT2D eigenvalue weighted by Gasteiger charge is 2.36. The number of amides is 1. The van der Waals surface area contributed by atoms with Crippen molar-refractivity contribution in [1.29, 1.82) is 5.41 Å². The van der Waals surface area contributed by atoms with E-state index >= 15 is 0 Å². The molecule has 0 radical (unpaired) electrons. The fourth-order valence-electron chi connectivity index (χ4n) is 4.04. The van der Waals surface area contributed by atoms with Crippen LogP contribution < -0.4 is 4.74 Å². The van der Waals surface area contributed by atoms with Gasteiger partial charge in [-0.1, -0.05) is 18.2 Å². The topological polar surface area (TPSA) is 83.0 Å². The molecule has 1 N–H and O–H groups in total. The van der Waals surface area contributed by atoms with Gasteiger partial charge in [-0.05, 0) is 86.1 Å². The molecule has 7 nitrogen and oxygen atoms in total. The molecule has 1 amide bonds. The normalized spacial score (nSPS) is 16.5. The number of carbonyl (C=O) groups is 1. The predicted molar refractivity (Wildman–Crippen MR) is 137 cm³/mol. The molecule has 0 spiro atoms. The summed E-state index contributed by atoms with van der Waals surface area (Å²) >= 11 is 1.21. The Morgan fingerprint density at radius 2 is 1.91 bits per heavy atom. The third-order valence-electron chi connectivity index (χ3n) is 5.68. The summed E-state index contributed by atoms with van der Waals surface area (Å²) in [7, 11) is 0. The number of benzene rings is 2. The summed E-state index contributed by atoms with van der Waals surface area (Å²) in [4.78, 5) is 17.0. The van der Waals surface area contributed by atoms with Gasteiger partial charge in [-0.2, -0.15) is 15.1 Å². The number of fused-ring (bicyclic) bond motifs is 1. The zero-order valence-corrected chi connectivity index (χ0v) is 20.2. The van der Waals surface area contributed by atoms with Gasteiger partial charge in [-0.25, -0.2) is 4.39 Å². The van der Waals surface area contributed by atoms with Crippen LogP contribution in [0.4, 0.5) is 4.39 Å². The number of halogens is 1. The number of aliphatic imine (C=N–C) groups is 1. The first kappa shape index (κ1) is 22.8. The molecular formula is C26H22FN5O2S. The number of hydrogen-bond donors (Lipinski definition) is 1. The lowest BCUT2D eigenvalue weighted by Gasteiger charge is -2.20. The number of thioether (sulfide) groups is 1. The van der Waals surface area contributed by atoms with Gasteiger partial charge in [0.1, 0.15) is 23.2 Å². The Bertz CT molecular complexity index is 1470. The molecule has 0 bridgehead atoms. The number of aryl methyl sites for hydroxylation is 2. The van der Waals surface area contributed by atoms with Gasteiger partial charge in [0.15, 0.2) is 5.84 Å². The van der Waals surface area contributed by atoms with Crippen LogP contribution in [0.2, 0.25) is 0 Å². The molecule has 3 aromatic rings. The molecule has 5 rings (SSSR count). The minimum atomic E-state index is -0.500. The number of nitrogens with one attached hydrogen (secondary N) is 1. The molecule has 1 aromatic heterocycles. The van der Waals surface area contributed by atoms with Crippen molar-refractivity contribution in [2.45, 2.75) is 20.8 Å². The van der Waals surface area contributed by atoms with Gasteiger partial charge in [0.25, 0.3) is 5.91 Å². The lowest BCUT2D eigenvalue weighted by Crippen LogP contribution is -2.35. The van der Waals surface area contributed by atoms with E-state index in [0.29, 0.717) is 15.9 Å². The van der Waals surface area contributed by atoms with Crippen LogP contribution in [-0.2, 0) is 4.79 Å². The average Bonchev–Trinajstić information content (AvgIpc) is 3.35. The van der Waals surface area contributed by atoms with Crippen molar-refractivity contribution in [3.05, 3.63) is 88.5 Å². The number of carbonyl (C=O) groups excluding carboxylic acids is 1. The molecule has 35 heavy (non-hydrogen) atoms. The number of nitrogens with zero attached hydrogens (tertiary/aromatic N) is 4. The van der Waals surface area contributed by atoms with Gasteiger partial charge >= 0.3 is 0 Å². The van der Waals surface area contributed by atoms with Crippen LogP contribution in [-0.4, -0.2) is 38.1 Å². The van der Waals surface area contributed by atoms with Crippen molar-refractivity contribution in [3.8, 4) is 11.4 Å². The number of hydrazone groups is 1. The van der Waals surface area contributed by atoms with Crippen molar-refractivity contribution in [1.82, 2.24) is 9.58 Å². The Balaban J connectivity index is 1.40. The van der Waals surface area contributed by atoms with Crippen LogP contribution in [0.5, 0.6) is 5.75 Å². The van der Waals surface area contributed by atoms with Crippen molar-refractivity contribution in [2.24, 2.45) is 10.1 Å². The minimum Gasteiger partial charge on any atom is -0.487 e. The number of rotatable bonds is 5. The lowest BCUT2D eigenvalue weighted by molar-refractivity contribution is -0.114. The molecule has 0 atom stereocenters.